The number of nitrogens with zero attached hydrogens (tertiary/aromatic N) is 1. The van der Waals surface area contributed by atoms with Crippen molar-refractivity contribution in [2.24, 2.45) is 4.99 Å². The van der Waals surface area contributed by atoms with E-state index in [0.717, 1.165) is 27.9 Å². The van der Waals surface area contributed by atoms with Gasteiger partial charge in [-0.2, -0.15) is 0 Å². The summed E-state index contributed by atoms with van der Waals surface area (Å²) < 4.78 is 12.1. The Hall–Kier alpha value is -3.48. The van der Waals surface area contributed by atoms with E-state index in [1.807, 2.05) is 86.7 Å². The lowest BCUT2D eigenvalue weighted by Crippen LogP contribution is -2.19. The zero-order valence-corrected chi connectivity index (χ0v) is 21.8. The molecular weight excluding hydrogens is 492 g/mol. The van der Waals surface area contributed by atoms with Crippen LogP contribution >= 0.6 is 23.4 Å². The minimum atomic E-state index is -0.183. The first-order valence-corrected chi connectivity index (χ1v) is 12.8. The minimum Gasteiger partial charge on any atom is -0.490 e. The Bertz CT molecular complexity index is 1320. The van der Waals surface area contributed by atoms with Gasteiger partial charge in [0.05, 0.1) is 17.2 Å². The van der Waals surface area contributed by atoms with Crippen molar-refractivity contribution in [1.82, 2.24) is 5.32 Å². The summed E-state index contributed by atoms with van der Waals surface area (Å²) >= 11 is 7.31. The number of carbonyl (C=O) groups excluding carboxylic acids is 1. The van der Waals surface area contributed by atoms with E-state index in [0.29, 0.717) is 46.2 Å². The highest BCUT2D eigenvalue weighted by Crippen LogP contribution is 2.37. The molecule has 0 atom stereocenters. The molecule has 0 aromatic heterocycles. The molecule has 5 nitrogen and oxygen atoms in total. The van der Waals surface area contributed by atoms with E-state index in [1.165, 1.54) is 11.8 Å². The molecule has 0 bridgehead atoms. The van der Waals surface area contributed by atoms with Crippen molar-refractivity contribution in [3.05, 3.63) is 106 Å². The summed E-state index contributed by atoms with van der Waals surface area (Å²) in [5.41, 5.74) is 4.71. The molecule has 0 spiro atoms. The van der Waals surface area contributed by atoms with Crippen LogP contribution in [-0.4, -0.2) is 17.7 Å². The summed E-state index contributed by atoms with van der Waals surface area (Å²) in [6.45, 7) is 8.69. The Morgan fingerprint density at radius 3 is 2.53 bits per heavy atom. The largest absolute Gasteiger partial charge is 0.490 e. The number of hydrogen-bond acceptors (Lipinski definition) is 5. The minimum absolute atomic E-state index is 0.183. The fourth-order valence-electron chi connectivity index (χ4n) is 3.61. The zero-order valence-electron chi connectivity index (χ0n) is 20.2. The van der Waals surface area contributed by atoms with Gasteiger partial charge in [0.25, 0.3) is 5.91 Å². The Morgan fingerprint density at radius 2 is 1.83 bits per heavy atom. The Labute approximate surface area is 220 Å². The number of allylic oxidation sites excluding steroid dienone is 1. The fraction of sp³-hybridized carbons (Fsp3) is 0.172. The van der Waals surface area contributed by atoms with Gasteiger partial charge in [-0.15, -0.1) is 6.58 Å². The van der Waals surface area contributed by atoms with Gasteiger partial charge in [-0.3, -0.25) is 4.79 Å². The quantitative estimate of drug-likeness (QED) is 0.239. The van der Waals surface area contributed by atoms with Crippen molar-refractivity contribution >= 4 is 46.2 Å². The average Bonchev–Trinajstić information content (AvgIpc) is 3.19. The van der Waals surface area contributed by atoms with Gasteiger partial charge >= 0.3 is 0 Å². The van der Waals surface area contributed by atoms with E-state index < -0.39 is 0 Å². The number of carbonyl (C=O) groups is 1. The molecule has 7 heteroatoms. The summed E-state index contributed by atoms with van der Waals surface area (Å²) in [6, 6.07) is 19.3. The highest BCUT2D eigenvalue weighted by Gasteiger charge is 2.24. The second-order valence-corrected chi connectivity index (χ2v) is 9.63. The van der Waals surface area contributed by atoms with Crippen molar-refractivity contribution in [2.75, 3.05) is 6.61 Å². The number of halogens is 1. The van der Waals surface area contributed by atoms with Gasteiger partial charge in [-0.05, 0) is 85.6 Å². The van der Waals surface area contributed by atoms with Crippen LogP contribution in [0.2, 0.25) is 5.02 Å². The predicted octanol–water partition coefficient (Wildman–Crippen LogP) is 7.25. The lowest BCUT2D eigenvalue weighted by molar-refractivity contribution is -0.115. The van der Waals surface area contributed by atoms with Crippen molar-refractivity contribution < 1.29 is 14.3 Å². The van der Waals surface area contributed by atoms with Crippen molar-refractivity contribution in [1.29, 1.82) is 0 Å². The molecule has 0 aliphatic carbocycles. The number of rotatable bonds is 9. The highest BCUT2D eigenvalue weighted by molar-refractivity contribution is 8.18. The molecule has 1 aliphatic heterocycles. The van der Waals surface area contributed by atoms with Crippen LogP contribution in [0.3, 0.4) is 0 Å². The third-order valence-electron chi connectivity index (χ3n) is 5.33. The molecule has 0 unspecified atom stereocenters. The summed E-state index contributed by atoms with van der Waals surface area (Å²) in [7, 11) is 0. The third kappa shape index (κ3) is 6.59. The number of nitrogens with one attached hydrogen (secondary N) is 1. The molecule has 1 fully saturated rings. The number of aryl methyl sites for hydroxylation is 1. The van der Waals surface area contributed by atoms with Crippen molar-refractivity contribution in [3.63, 3.8) is 0 Å². The van der Waals surface area contributed by atoms with Crippen LogP contribution < -0.4 is 14.8 Å². The van der Waals surface area contributed by atoms with Gasteiger partial charge < -0.3 is 14.8 Å². The second-order valence-electron chi connectivity index (χ2n) is 8.17. The van der Waals surface area contributed by atoms with E-state index in [9.17, 15) is 4.79 Å². The predicted molar refractivity (Wildman–Crippen MR) is 149 cm³/mol. The maximum Gasteiger partial charge on any atom is 0.264 e. The number of hydrogen-bond donors (Lipinski definition) is 1. The van der Waals surface area contributed by atoms with Gasteiger partial charge in [0.1, 0.15) is 6.61 Å². The standard InChI is InChI=1S/C29H27ClN2O3S/c1-4-6-22-15-21(16-25(34-5-2)27(22)35-18-20-9-11-23(30)12-10-20)17-26-28(33)32-29(36-26)31-24-13-7-19(3)8-14-24/h4,7-17H,1,5-6,18H2,2-3H3,(H,31,32,33)/b26-17-. The summed E-state index contributed by atoms with van der Waals surface area (Å²) in [5, 5.41) is 4.08. The van der Waals surface area contributed by atoms with Crippen molar-refractivity contribution in [2.45, 2.75) is 26.9 Å². The van der Waals surface area contributed by atoms with E-state index in [4.69, 9.17) is 21.1 Å². The first-order chi connectivity index (χ1) is 17.4. The molecule has 1 heterocycles. The normalized spacial score (nSPS) is 15.2. The maximum absolute atomic E-state index is 12.6. The first kappa shape index (κ1) is 25.6. The molecule has 0 saturated carbocycles. The van der Waals surface area contributed by atoms with E-state index >= 15 is 0 Å². The number of ether oxygens (including phenoxy) is 2. The van der Waals surface area contributed by atoms with Gasteiger partial charge in [0.2, 0.25) is 0 Å². The fourth-order valence-corrected chi connectivity index (χ4v) is 4.57. The lowest BCUT2D eigenvalue weighted by Gasteiger charge is -2.17. The lowest BCUT2D eigenvalue weighted by atomic mass is 10.0. The second kappa shape index (κ2) is 12.0. The topological polar surface area (TPSA) is 59.9 Å². The van der Waals surface area contributed by atoms with Crippen LogP contribution in [0.1, 0.15) is 29.2 Å². The van der Waals surface area contributed by atoms with E-state index in [1.54, 1.807) is 0 Å². The molecule has 0 radical (unpaired) electrons. The van der Waals surface area contributed by atoms with Gasteiger partial charge in [-0.1, -0.05) is 47.5 Å². The molecule has 1 amide bonds. The smallest absolute Gasteiger partial charge is 0.264 e. The summed E-state index contributed by atoms with van der Waals surface area (Å²) in [6.07, 6.45) is 4.25. The van der Waals surface area contributed by atoms with Crippen LogP contribution in [0.25, 0.3) is 6.08 Å². The average molecular weight is 519 g/mol. The van der Waals surface area contributed by atoms with Crippen LogP contribution in [0, 0.1) is 6.92 Å². The zero-order chi connectivity index (χ0) is 25.5. The SMILES string of the molecule is C=CCc1cc(/C=C2\SC(=Nc3ccc(C)cc3)NC2=O)cc(OCC)c1OCc1ccc(Cl)cc1. The monoisotopic (exact) mass is 518 g/mol. The molecule has 1 aliphatic rings. The number of thioether (sulfide) groups is 1. The number of amidine groups is 1. The van der Waals surface area contributed by atoms with E-state index in [2.05, 4.69) is 16.9 Å². The van der Waals surface area contributed by atoms with Gasteiger partial charge in [0.15, 0.2) is 16.7 Å². The Kier molecular flexibility index (Phi) is 8.52. The van der Waals surface area contributed by atoms with Crippen LogP contribution in [-0.2, 0) is 17.8 Å². The molecule has 184 valence electrons. The summed E-state index contributed by atoms with van der Waals surface area (Å²) in [5.74, 6) is 1.10. The highest BCUT2D eigenvalue weighted by atomic mass is 35.5. The maximum atomic E-state index is 12.6. The third-order valence-corrected chi connectivity index (χ3v) is 6.49. The molecular formula is C29H27ClN2O3S. The summed E-state index contributed by atoms with van der Waals surface area (Å²) in [4.78, 5) is 17.7. The van der Waals surface area contributed by atoms with E-state index in [-0.39, 0.29) is 5.91 Å². The molecule has 4 rings (SSSR count). The number of benzene rings is 3. The Morgan fingerprint density at radius 1 is 1.08 bits per heavy atom. The molecule has 3 aromatic rings. The van der Waals surface area contributed by atoms with Gasteiger partial charge in [0, 0.05) is 10.6 Å². The molecule has 1 saturated heterocycles. The first-order valence-electron chi connectivity index (χ1n) is 11.6. The Balaban J connectivity index is 1.61. The number of aliphatic imine (C=N–C) groups is 1. The molecule has 1 N–H and O–H groups in total. The van der Waals surface area contributed by atoms with Crippen molar-refractivity contribution in [3.8, 4) is 11.5 Å². The number of amides is 1. The van der Waals surface area contributed by atoms with Crippen LogP contribution in [0.4, 0.5) is 5.69 Å². The molecule has 36 heavy (non-hydrogen) atoms. The molecule has 3 aromatic carbocycles. The van der Waals surface area contributed by atoms with Crippen LogP contribution in [0.15, 0.2) is 83.2 Å². The van der Waals surface area contributed by atoms with Crippen LogP contribution in [0.5, 0.6) is 11.5 Å². The van der Waals surface area contributed by atoms with Gasteiger partial charge in [-0.25, -0.2) is 4.99 Å².